The van der Waals surface area contributed by atoms with Crippen molar-refractivity contribution in [2.45, 2.75) is 58.6 Å². The van der Waals surface area contributed by atoms with Gasteiger partial charge in [-0.15, -0.1) is 0 Å². The fourth-order valence-corrected chi connectivity index (χ4v) is 1.86. The van der Waals surface area contributed by atoms with Gasteiger partial charge >= 0.3 is 5.97 Å². The maximum Gasteiger partial charge on any atom is 0.328 e. The summed E-state index contributed by atoms with van der Waals surface area (Å²) in [4.78, 5) is 16.3. The van der Waals surface area contributed by atoms with E-state index in [1.165, 1.54) is 0 Å². The first kappa shape index (κ1) is 16.9. The lowest BCUT2D eigenvalue weighted by Crippen LogP contribution is -2.32. The Kier molecular flexibility index (Phi) is 4.82. The summed E-state index contributed by atoms with van der Waals surface area (Å²) < 4.78 is 5.26. The number of esters is 1. The molecule has 1 atom stereocenters. The van der Waals surface area contributed by atoms with Crippen molar-refractivity contribution in [2.24, 2.45) is 5.73 Å². The minimum absolute atomic E-state index is 0.113. The Morgan fingerprint density at radius 1 is 1.25 bits per heavy atom. The zero-order chi connectivity index (χ0) is 15.7. The molecule has 1 heterocycles. The van der Waals surface area contributed by atoms with Gasteiger partial charge in [-0.25, -0.2) is 9.78 Å². The van der Waals surface area contributed by atoms with E-state index >= 15 is 0 Å². The number of rotatable bonds is 2. The highest BCUT2D eigenvalue weighted by molar-refractivity contribution is 6.30. The van der Waals surface area contributed by atoms with Crippen molar-refractivity contribution in [3.05, 3.63) is 28.5 Å². The second kappa shape index (κ2) is 5.70. The van der Waals surface area contributed by atoms with Crippen molar-refractivity contribution in [1.29, 1.82) is 0 Å². The molecule has 1 unspecified atom stereocenters. The van der Waals surface area contributed by atoms with Gasteiger partial charge in [-0.05, 0) is 26.8 Å². The topological polar surface area (TPSA) is 65.2 Å². The summed E-state index contributed by atoms with van der Waals surface area (Å²) in [5.41, 5.74) is 6.54. The SMILES string of the molecule is CC(C)(C)OC(=O)C(N)c1ccc(C(C)(C)C)nc1Cl. The Bertz CT molecular complexity index is 502. The van der Waals surface area contributed by atoms with Gasteiger partial charge < -0.3 is 10.5 Å². The van der Waals surface area contributed by atoms with E-state index in [9.17, 15) is 4.79 Å². The van der Waals surface area contributed by atoms with Gasteiger partial charge in [-0.1, -0.05) is 38.4 Å². The summed E-state index contributed by atoms with van der Waals surface area (Å²) in [5.74, 6) is -0.510. The van der Waals surface area contributed by atoms with Crippen molar-refractivity contribution < 1.29 is 9.53 Å². The van der Waals surface area contributed by atoms with E-state index in [1.807, 2.05) is 26.8 Å². The van der Waals surface area contributed by atoms with Crippen molar-refractivity contribution in [3.8, 4) is 0 Å². The first-order valence-corrected chi connectivity index (χ1v) is 6.95. The smallest absolute Gasteiger partial charge is 0.328 e. The number of carbonyl (C=O) groups excluding carboxylic acids is 1. The van der Waals surface area contributed by atoms with Crippen molar-refractivity contribution in [1.82, 2.24) is 4.98 Å². The normalized spacial score (nSPS) is 14.0. The van der Waals surface area contributed by atoms with Gasteiger partial charge in [0.05, 0.1) is 0 Å². The molecule has 1 aromatic heterocycles. The Balaban J connectivity index is 3.01. The number of nitrogens with zero attached hydrogens (tertiary/aromatic N) is 1. The molecule has 0 aliphatic heterocycles. The molecule has 20 heavy (non-hydrogen) atoms. The molecule has 0 saturated heterocycles. The molecule has 1 rings (SSSR count). The number of hydrogen-bond acceptors (Lipinski definition) is 4. The highest BCUT2D eigenvalue weighted by atomic mass is 35.5. The first-order valence-electron chi connectivity index (χ1n) is 6.57. The van der Waals surface area contributed by atoms with Crippen molar-refractivity contribution >= 4 is 17.6 Å². The number of halogens is 1. The maximum atomic E-state index is 12.0. The number of nitrogens with two attached hydrogens (primary N) is 1. The summed E-state index contributed by atoms with van der Waals surface area (Å²) in [5, 5.41) is 0.246. The van der Waals surface area contributed by atoms with Crippen molar-refractivity contribution in [2.75, 3.05) is 0 Å². The van der Waals surface area contributed by atoms with Crippen LogP contribution in [0.3, 0.4) is 0 Å². The zero-order valence-electron chi connectivity index (χ0n) is 13.0. The first-order chi connectivity index (χ1) is 8.92. The lowest BCUT2D eigenvalue weighted by Gasteiger charge is -2.23. The molecule has 112 valence electrons. The van der Waals surface area contributed by atoms with Gasteiger partial charge in [0, 0.05) is 16.7 Å². The third-order valence-electron chi connectivity index (χ3n) is 2.64. The van der Waals surface area contributed by atoms with E-state index < -0.39 is 17.6 Å². The molecular formula is C15H23ClN2O2. The molecule has 0 radical (unpaired) electrons. The molecule has 0 saturated carbocycles. The summed E-state index contributed by atoms with van der Waals surface area (Å²) in [6, 6.07) is 2.65. The van der Waals surface area contributed by atoms with E-state index in [2.05, 4.69) is 4.98 Å². The zero-order valence-corrected chi connectivity index (χ0v) is 13.7. The predicted molar refractivity (Wildman–Crippen MR) is 80.7 cm³/mol. The second-order valence-corrected chi connectivity index (χ2v) is 7.20. The molecule has 0 aliphatic carbocycles. The minimum atomic E-state index is -0.928. The predicted octanol–water partition coefficient (Wildman–Crippen LogP) is 3.37. The quantitative estimate of drug-likeness (QED) is 0.671. The monoisotopic (exact) mass is 298 g/mol. The van der Waals surface area contributed by atoms with Crippen LogP contribution in [0.15, 0.2) is 12.1 Å². The Morgan fingerprint density at radius 3 is 2.20 bits per heavy atom. The van der Waals surface area contributed by atoms with Crippen LogP contribution in [0.25, 0.3) is 0 Å². The summed E-state index contributed by atoms with van der Waals surface area (Å²) >= 11 is 6.15. The number of hydrogen-bond donors (Lipinski definition) is 1. The van der Waals surface area contributed by atoms with Gasteiger partial charge in [-0.3, -0.25) is 0 Å². The fraction of sp³-hybridized carbons (Fsp3) is 0.600. The summed E-state index contributed by atoms with van der Waals surface area (Å²) in [6.45, 7) is 11.5. The van der Waals surface area contributed by atoms with E-state index in [0.717, 1.165) is 5.69 Å². The average molecular weight is 299 g/mol. The number of pyridine rings is 1. The van der Waals surface area contributed by atoms with E-state index in [4.69, 9.17) is 22.1 Å². The van der Waals surface area contributed by atoms with Crippen LogP contribution in [-0.2, 0) is 14.9 Å². The standard InChI is InChI=1S/C15H23ClN2O2/c1-14(2,3)10-8-7-9(12(16)18-10)11(17)13(19)20-15(4,5)6/h7-8,11H,17H2,1-6H3. The van der Waals surface area contributed by atoms with Gasteiger partial charge in [0.2, 0.25) is 0 Å². The van der Waals surface area contributed by atoms with Crippen LogP contribution in [0.2, 0.25) is 5.15 Å². The van der Waals surface area contributed by atoms with Gasteiger partial charge in [-0.2, -0.15) is 0 Å². The molecule has 4 nitrogen and oxygen atoms in total. The van der Waals surface area contributed by atoms with E-state index in [0.29, 0.717) is 5.56 Å². The highest BCUT2D eigenvalue weighted by Crippen LogP contribution is 2.27. The van der Waals surface area contributed by atoms with Crippen LogP contribution in [-0.4, -0.2) is 16.6 Å². The van der Waals surface area contributed by atoms with Gasteiger partial charge in [0.1, 0.15) is 16.8 Å². The molecule has 0 fully saturated rings. The highest BCUT2D eigenvalue weighted by Gasteiger charge is 2.26. The average Bonchev–Trinajstić information content (AvgIpc) is 2.24. The Labute approximate surface area is 125 Å². The Morgan fingerprint density at radius 2 is 1.80 bits per heavy atom. The lowest BCUT2D eigenvalue weighted by molar-refractivity contribution is -0.156. The van der Waals surface area contributed by atoms with E-state index in [-0.39, 0.29) is 10.6 Å². The van der Waals surface area contributed by atoms with Crippen LogP contribution in [0, 0.1) is 0 Å². The van der Waals surface area contributed by atoms with Crippen LogP contribution in [0.5, 0.6) is 0 Å². The molecule has 0 aromatic carbocycles. The van der Waals surface area contributed by atoms with Crippen LogP contribution in [0.1, 0.15) is 58.8 Å². The number of ether oxygens (including phenoxy) is 1. The molecule has 5 heteroatoms. The molecule has 0 bridgehead atoms. The molecule has 2 N–H and O–H groups in total. The van der Waals surface area contributed by atoms with Gasteiger partial charge in [0.15, 0.2) is 0 Å². The molecular weight excluding hydrogens is 276 g/mol. The van der Waals surface area contributed by atoms with Gasteiger partial charge in [0.25, 0.3) is 0 Å². The van der Waals surface area contributed by atoms with E-state index in [1.54, 1.807) is 26.8 Å². The van der Waals surface area contributed by atoms with Crippen LogP contribution >= 0.6 is 11.6 Å². The van der Waals surface area contributed by atoms with Crippen LogP contribution in [0.4, 0.5) is 0 Å². The molecule has 0 amide bonds. The number of aromatic nitrogens is 1. The van der Waals surface area contributed by atoms with Crippen molar-refractivity contribution in [3.63, 3.8) is 0 Å². The third-order valence-corrected chi connectivity index (χ3v) is 2.94. The molecule has 1 aromatic rings. The fourth-order valence-electron chi connectivity index (χ4n) is 1.59. The maximum absolute atomic E-state index is 12.0. The second-order valence-electron chi connectivity index (χ2n) is 6.84. The molecule has 0 spiro atoms. The molecule has 0 aliphatic rings. The minimum Gasteiger partial charge on any atom is -0.459 e. The number of carbonyl (C=O) groups is 1. The lowest BCUT2D eigenvalue weighted by atomic mass is 9.91. The Hall–Kier alpha value is -1.13. The summed E-state index contributed by atoms with van der Waals surface area (Å²) in [6.07, 6.45) is 0. The largest absolute Gasteiger partial charge is 0.459 e. The van der Waals surface area contributed by atoms with Crippen LogP contribution < -0.4 is 5.73 Å². The third kappa shape index (κ3) is 4.46. The summed E-state index contributed by atoms with van der Waals surface area (Å²) in [7, 11) is 0.